The van der Waals surface area contributed by atoms with Crippen molar-refractivity contribution in [3.63, 3.8) is 0 Å². The molecule has 1 aromatic carbocycles. The maximum Gasteiger partial charge on any atom is 0.0713 e. The van der Waals surface area contributed by atoms with Gasteiger partial charge < -0.3 is 5.32 Å². The molecular formula is C28H44N2. The summed E-state index contributed by atoms with van der Waals surface area (Å²) in [7, 11) is 0. The van der Waals surface area contributed by atoms with Gasteiger partial charge in [0.05, 0.1) is 5.69 Å². The highest BCUT2D eigenvalue weighted by atomic mass is 14.9. The van der Waals surface area contributed by atoms with E-state index in [0.717, 1.165) is 31.6 Å². The first-order valence-corrected chi connectivity index (χ1v) is 12.4. The minimum absolute atomic E-state index is 0.928. The molecule has 0 aliphatic carbocycles. The fraction of sp³-hybridized carbons (Fsp3) is 0.607. The minimum Gasteiger partial charge on any atom is -0.313 e. The topological polar surface area (TPSA) is 24.9 Å². The summed E-state index contributed by atoms with van der Waals surface area (Å²) in [6.07, 6.45) is 13.1. The molecule has 0 saturated carbocycles. The number of nitrogens with zero attached hydrogens (tertiary/aromatic N) is 1. The fourth-order valence-corrected chi connectivity index (χ4v) is 4.42. The predicted molar refractivity (Wildman–Crippen MR) is 132 cm³/mol. The average Bonchev–Trinajstić information content (AvgIpc) is 2.75. The van der Waals surface area contributed by atoms with Crippen LogP contribution in [-0.2, 0) is 19.4 Å². The second-order valence-electron chi connectivity index (χ2n) is 8.70. The number of nitrogens with one attached hydrogen (secondary N) is 1. The molecule has 2 heteroatoms. The normalized spacial score (nSPS) is 11.2. The van der Waals surface area contributed by atoms with E-state index in [1.54, 1.807) is 0 Å². The van der Waals surface area contributed by atoms with E-state index in [1.165, 1.54) is 84.9 Å². The van der Waals surface area contributed by atoms with Crippen molar-refractivity contribution in [2.45, 2.75) is 105 Å². The van der Waals surface area contributed by atoms with Gasteiger partial charge >= 0.3 is 0 Å². The van der Waals surface area contributed by atoms with Crippen molar-refractivity contribution in [3.05, 3.63) is 52.2 Å². The van der Waals surface area contributed by atoms with Gasteiger partial charge in [0.25, 0.3) is 0 Å². The molecule has 0 aliphatic rings. The van der Waals surface area contributed by atoms with E-state index in [1.807, 2.05) is 0 Å². The Hall–Kier alpha value is -1.67. The zero-order chi connectivity index (χ0) is 21.8. The molecule has 166 valence electrons. The zero-order valence-corrected chi connectivity index (χ0v) is 20.2. The second-order valence-corrected chi connectivity index (χ2v) is 8.70. The molecule has 0 aliphatic heterocycles. The van der Waals surface area contributed by atoms with Crippen molar-refractivity contribution < 1.29 is 0 Å². The van der Waals surface area contributed by atoms with Crippen LogP contribution in [0.25, 0.3) is 11.3 Å². The molecule has 2 nitrogen and oxygen atoms in total. The molecule has 0 amide bonds. The lowest BCUT2D eigenvalue weighted by Crippen LogP contribution is -2.17. The highest BCUT2D eigenvalue weighted by Gasteiger charge is 2.13. The fourth-order valence-electron chi connectivity index (χ4n) is 4.42. The lowest BCUT2D eigenvalue weighted by molar-refractivity contribution is 0.554. The molecule has 0 unspecified atom stereocenters. The van der Waals surface area contributed by atoms with Gasteiger partial charge in [0.1, 0.15) is 0 Å². The van der Waals surface area contributed by atoms with Gasteiger partial charge in [-0.05, 0) is 68.0 Å². The van der Waals surface area contributed by atoms with Crippen LogP contribution >= 0.6 is 0 Å². The van der Waals surface area contributed by atoms with E-state index < -0.39 is 0 Å². The summed E-state index contributed by atoms with van der Waals surface area (Å²) < 4.78 is 0. The van der Waals surface area contributed by atoms with Gasteiger partial charge in [-0.25, -0.2) is 0 Å². The highest BCUT2D eigenvalue weighted by molar-refractivity contribution is 5.69. The van der Waals surface area contributed by atoms with Crippen molar-refractivity contribution in [3.8, 4) is 11.3 Å². The molecule has 0 radical (unpaired) electrons. The van der Waals surface area contributed by atoms with E-state index in [2.05, 4.69) is 64.2 Å². The van der Waals surface area contributed by atoms with Gasteiger partial charge in [-0.1, -0.05) is 83.9 Å². The van der Waals surface area contributed by atoms with E-state index in [9.17, 15) is 0 Å². The third-order valence-corrected chi connectivity index (χ3v) is 6.32. The summed E-state index contributed by atoms with van der Waals surface area (Å²) in [6, 6.07) is 8.98. The Morgan fingerprint density at radius 3 is 1.97 bits per heavy atom. The van der Waals surface area contributed by atoms with Crippen molar-refractivity contribution in [1.82, 2.24) is 10.3 Å². The monoisotopic (exact) mass is 408 g/mol. The Bertz CT molecular complexity index is 718. The molecule has 1 aromatic heterocycles. The summed E-state index contributed by atoms with van der Waals surface area (Å²) in [5, 5.41) is 3.66. The SMILES string of the molecule is CCCCCCCCCCNCc1c(C)cc(-c2c(CC)cccc2CC)nc1C. The second kappa shape index (κ2) is 13.6. The summed E-state index contributed by atoms with van der Waals surface area (Å²) in [5.41, 5.74) is 9.20. The lowest BCUT2D eigenvalue weighted by atomic mass is 9.93. The summed E-state index contributed by atoms with van der Waals surface area (Å²) in [6.45, 7) is 13.2. The molecule has 0 saturated heterocycles. The number of pyridine rings is 1. The number of aryl methyl sites for hydroxylation is 4. The molecule has 2 aromatic rings. The van der Waals surface area contributed by atoms with Crippen LogP contribution in [0.15, 0.2) is 24.3 Å². The number of hydrogen-bond acceptors (Lipinski definition) is 2. The van der Waals surface area contributed by atoms with Crippen molar-refractivity contribution in [1.29, 1.82) is 0 Å². The van der Waals surface area contributed by atoms with E-state index in [4.69, 9.17) is 4.98 Å². The molecule has 0 atom stereocenters. The first kappa shape index (κ1) is 24.6. The maximum absolute atomic E-state index is 5.05. The van der Waals surface area contributed by atoms with Gasteiger partial charge in [0.15, 0.2) is 0 Å². The predicted octanol–water partition coefficient (Wildman–Crippen LogP) is 7.72. The average molecular weight is 409 g/mol. The first-order valence-electron chi connectivity index (χ1n) is 12.4. The van der Waals surface area contributed by atoms with E-state index in [-0.39, 0.29) is 0 Å². The molecule has 0 fully saturated rings. The van der Waals surface area contributed by atoms with Gasteiger partial charge in [-0.2, -0.15) is 0 Å². The van der Waals surface area contributed by atoms with E-state index in [0.29, 0.717) is 0 Å². The molecule has 0 spiro atoms. The van der Waals surface area contributed by atoms with Gasteiger partial charge in [0, 0.05) is 17.8 Å². The van der Waals surface area contributed by atoms with Crippen molar-refractivity contribution in [2.75, 3.05) is 6.54 Å². The highest BCUT2D eigenvalue weighted by Crippen LogP contribution is 2.29. The van der Waals surface area contributed by atoms with Crippen LogP contribution in [0.1, 0.15) is 100 Å². The van der Waals surface area contributed by atoms with Gasteiger partial charge in [-0.3, -0.25) is 4.98 Å². The number of unbranched alkanes of at least 4 members (excludes halogenated alkanes) is 7. The Morgan fingerprint density at radius 2 is 1.40 bits per heavy atom. The third kappa shape index (κ3) is 7.23. The Kier molecular flexibility index (Phi) is 11.1. The van der Waals surface area contributed by atoms with E-state index >= 15 is 0 Å². The van der Waals surface area contributed by atoms with Crippen molar-refractivity contribution in [2.24, 2.45) is 0 Å². The number of aromatic nitrogens is 1. The lowest BCUT2D eigenvalue weighted by Gasteiger charge is -2.17. The first-order chi connectivity index (χ1) is 14.6. The third-order valence-electron chi connectivity index (χ3n) is 6.32. The summed E-state index contributed by atoms with van der Waals surface area (Å²) in [5.74, 6) is 0. The van der Waals surface area contributed by atoms with Crippen molar-refractivity contribution >= 4 is 0 Å². The van der Waals surface area contributed by atoms with Crippen LogP contribution in [0, 0.1) is 13.8 Å². The summed E-state index contributed by atoms with van der Waals surface area (Å²) in [4.78, 5) is 5.05. The molecule has 30 heavy (non-hydrogen) atoms. The van der Waals surface area contributed by atoms with Crippen LogP contribution in [0.5, 0.6) is 0 Å². The Labute approximate surface area is 185 Å². The molecule has 2 rings (SSSR count). The standard InChI is InChI=1S/C28H44N2/c1-6-9-10-11-12-13-14-15-19-29-21-26-22(4)20-27(30-23(26)5)28-24(7-2)17-16-18-25(28)8-3/h16-18,20,29H,6-15,19,21H2,1-5H3. The number of rotatable bonds is 14. The number of hydrogen-bond donors (Lipinski definition) is 1. The summed E-state index contributed by atoms with van der Waals surface area (Å²) >= 11 is 0. The largest absolute Gasteiger partial charge is 0.313 e. The van der Waals surface area contributed by atoms with Crippen LogP contribution in [0.3, 0.4) is 0 Å². The van der Waals surface area contributed by atoms with Crippen LogP contribution in [0.4, 0.5) is 0 Å². The van der Waals surface area contributed by atoms with Gasteiger partial charge in [0.2, 0.25) is 0 Å². The molecular weight excluding hydrogens is 364 g/mol. The van der Waals surface area contributed by atoms with Crippen LogP contribution < -0.4 is 5.32 Å². The Morgan fingerprint density at radius 1 is 0.800 bits per heavy atom. The number of benzene rings is 1. The van der Waals surface area contributed by atoms with Crippen LogP contribution in [0.2, 0.25) is 0 Å². The quantitative estimate of drug-likeness (QED) is 0.324. The molecule has 0 bridgehead atoms. The van der Waals surface area contributed by atoms with Gasteiger partial charge in [-0.15, -0.1) is 0 Å². The minimum atomic E-state index is 0.928. The zero-order valence-electron chi connectivity index (χ0n) is 20.2. The molecule has 1 heterocycles. The molecule has 1 N–H and O–H groups in total. The Balaban J connectivity index is 1.90. The smallest absolute Gasteiger partial charge is 0.0713 e. The maximum atomic E-state index is 5.05. The van der Waals surface area contributed by atoms with Crippen LogP contribution in [-0.4, -0.2) is 11.5 Å².